The van der Waals surface area contributed by atoms with Crippen molar-refractivity contribution in [3.8, 4) is 0 Å². The average molecular weight is 241 g/mol. The number of anilines is 1. The summed E-state index contributed by atoms with van der Waals surface area (Å²) in [6.07, 6.45) is 1.83. The summed E-state index contributed by atoms with van der Waals surface area (Å²) in [7, 11) is 0. The monoisotopic (exact) mass is 241 g/mol. The van der Waals surface area contributed by atoms with E-state index in [0.717, 1.165) is 28.1 Å². The number of furan rings is 1. The van der Waals surface area contributed by atoms with Gasteiger partial charge in [0.05, 0.1) is 17.8 Å². The van der Waals surface area contributed by atoms with E-state index in [4.69, 9.17) is 4.42 Å². The van der Waals surface area contributed by atoms with Crippen LogP contribution >= 0.6 is 0 Å². The first-order valence-corrected chi connectivity index (χ1v) is 5.99. The maximum Gasteiger partial charge on any atom is 0.126 e. The summed E-state index contributed by atoms with van der Waals surface area (Å²) in [4.78, 5) is 0. The molecule has 0 radical (unpaired) electrons. The van der Waals surface area contributed by atoms with Crippen LogP contribution in [0.1, 0.15) is 24.5 Å². The van der Waals surface area contributed by atoms with E-state index in [0.29, 0.717) is 0 Å². The molecule has 2 aromatic heterocycles. The third-order valence-electron chi connectivity index (χ3n) is 3.04. The molecule has 2 heterocycles. The van der Waals surface area contributed by atoms with Crippen molar-refractivity contribution in [1.29, 1.82) is 0 Å². The molecular weight excluding hydrogens is 226 g/mol. The Kier molecular flexibility index (Phi) is 2.55. The number of aryl methyl sites for hydroxylation is 1. The van der Waals surface area contributed by atoms with E-state index in [2.05, 4.69) is 22.4 Å². The summed E-state index contributed by atoms with van der Waals surface area (Å²) in [5.41, 5.74) is 2.09. The SMILES string of the molecule is Cc1ccc(C(C)Nc2cccc3[nH]ncc23)o1. The first kappa shape index (κ1) is 10.9. The zero-order chi connectivity index (χ0) is 12.5. The Labute approximate surface area is 105 Å². The normalized spacial score (nSPS) is 12.8. The van der Waals surface area contributed by atoms with Gasteiger partial charge in [0.25, 0.3) is 0 Å². The average Bonchev–Trinajstić information content (AvgIpc) is 2.97. The van der Waals surface area contributed by atoms with E-state index in [9.17, 15) is 0 Å². The predicted molar refractivity (Wildman–Crippen MR) is 71.6 cm³/mol. The van der Waals surface area contributed by atoms with Gasteiger partial charge >= 0.3 is 0 Å². The lowest BCUT2D eigenvalue weighted by Gasteiger charge is -2.13. The summed E-state index contributed by atoms with van der Waals surface area (Å²) in [5, 5.41) is 11.6. The molecule has 4 heteroatoms. The van der Waals surface area contributed by atoms with Gasteiger partial charge < -0.3 is 9.73 Å². The number of nitrogens with zero attached hydrogens (tertiary/aromatic N) is 1. The Morgan fingerprint density at radius 2 is 2.17 bits per heavy atom. The number of hydrogen-bond donors (Lipinski definition) is 2. The minimum absolute atomic E-state index is 0.124. The standard InChI is InChI=1S/C14H15N3O/c1-9-6-7-14(18-9)10(2)16-12-4-3-5-13-11(12)8-15-17-13/h3-8,10,16H,1-2H3,(H,15,17). The van der Waals surface area contributed by atoms with Gasteiger partial charge in [-0.1, -0.05) is 6.07 Å². The molecule has 0 spiro atoms. The van der Waals surface area contributed by atoms with Gasteiger partial charge in [-0.3, -0.25) is 5.10 Å². The van der Waals surface area contributed by atoms with Gasteiger partial charge in [-0.2, -0.15) is 5.10 Å². The van der Waals surface area contributed by atoms with Crippen molar-refractivity contribution in [3.05, 3.63) is 48.0 Å². The molecule has 0 aliphatic carbocycles. The number of fused-ring (bicyclic) bond motifs is 1. The van der Waals surface area contributed by atoms with Crippen LogP contribution in [0.5, 0.6) is 0 Å². The van der Waals surface area contributed by atoms with E-state index < -0.39 is 0 Å². The zero-order valence-corrected chi connectivity index (χ0v) is 10.4. The van der Waals surface area contributed by atoms with Crippen LogP contribution in [0.15, 0.2) is 40.9 Å². The van der Waals surface area contributed by atoms with Gasteiger partial charge in [-0.25, -0.2) is 0 Å². The lowest BCUT2D eigenvalue weighted by Crippen LogP contribution is -2.05. The van der Waals surface area contributed by atoms with Gasteiger partial charge in [0.2, 0.25) is 0 Å². The number of H-pyrrole nitrogens is 1. The summed E-state index contributed by atoms with van der Waals surface area (Å²) >= 11 is 0. The molecule has 4 nitrogen and oxygen atoms in total. The Hall–Kier alpha value is -2.23. The highest BCUT2D eigenvalue weighted by molar-refractivity contribution is 5.90. The van der Waals surface area contributed by atoms with Crippen LogP contribution in [0.25, 0.3) is 10.9 Å². The van der Waals surface area contributed by atoms with Crippen molar-refractivity contribution < 1.29 is 4.42 Å². The van der Waals surface area contributed by atoms with Gasteiger partial charge in [0, 0.05) is 11.1 Å². The molecule has 1 aromatic carbocycles. The molecule has 0 fully saturated rings. The van der Waals surface area contributed by atoms with Crippen molar-refractivity contribution in [2.24, 2.45) is 0 Å². The fraction of sp³-hybridized carbons (Fsp3) is 0.214. The first-order valence-electron chi connectivity index (χ1n) is 5.99. The third-order valence-corrected chi connectivity index (χ3v) is 3.04. The largest absolute Gasteiger partial charge is 0.464 e. The van der Waals surface area contributed by atoms with E-state index in [1.54, 1.807) is 0 Å². The molecule has 18 heavy (non-hydrogen) atoms. The minimum Gasteiger partial charge on any atom is -0.464 e. The second-order valence-corrected chi connectivity index (χ2v) is 4.45. The number of aromatic amines is 1. The van der Waals surface area contributed by atoms with Crippen molar-refractivity contribution in [2.75, 3.05) is 5.32 Å². The molecule has 0 saturated heterocycles. The quantitative estimate of drug-likeness (QED) is 0.736. The fourth-order valence-electron chi connectivity index (χ4n) is 2.08. The van der Waals surface area contributed by atoms with E-state index in [1.165, 1.54) is 0 Å². The number of aromatic nitrogens is 2. The van der Waals surface area contributed by atoms with Crippen LogP contribution in [0.2, 0.25) is 0 Å². The second-order valence-electron chi connectivity index (χ2n) is 4.45. The molecule has 0 saturated carbocycles. The molecular formula is C14H15N3O. The Bertz CT molecular complexity index is 668. The lowest BCUT2D eigenvalue weighted by atomic mass is 10.2. The highest BCUT2D eigenvalue weighted by Gasteiger charge is 2.11. The van der Waals surface area contributed by atoms with Crippen LogP contribution in [-0.4, -0.2) is 10.2 Å². The van der Waals surface area contributed by atoms with E-state index >= 15 is 0 Å². The number of hydrogen-bond acceptors (Lipinski definition) is 3. The van der Waals surface area contributed by atoms with Crippen molar-refractivity contribution in [1.82, 2.24) is 10.2 Å². The fourth-order valence-corrected chi connectivity index (χ4v) is 2.08. The topological polar surface area (TPSA) is 53.9 Å². The second kappa shape index (κ2) is 4.22. The molecule has 0 aliphatic heterocycles. The maximum absolute atomic E-state index is 5.63. The number of nitrogens with one attached hydrogen (secondary N) is 2. The van der Waals surface area contributed by atoms with Gasteiger partial charge in [0.1, 0.15) is 11.5 Å². The molecule has 0 bridgehead atoms. The lowest BCUT2D eigenvalue weighted by molar-refractivity contribution is 0.467. The molecule has 3 rings (SSSR count). The van der Waals surface area contributed by atoms with Gasteiger partial charge in [0.15, 0.2) is 0 Å². The zero-order valence-electron chi connectivity index (χ0n) is 10.4. The van der Waals surface area contributed by atoms with Crippen LogP contribution in [-0.2, 0) is 0 Å². The summed E-state index contributed by atoms with van der Waals surface area (Å²) in [6.45, 7) is 4.03. The smallest absolute Gasteiger partial charge is 0.126 e. The van der Waals surface area contributed by atoms with Crippen LogP contribution < -0.4 is 5.32 Å². The van der Waals surface area contributed by atoms with Crippen molar-refractivity contribution >= 4 is 16.6 Å². The summed E-state index contributed by atoms with van der Waals surface area (Å²) < 4.78 is 5.63. The molecule has 1 atom stereocenters. The van der Waals surface area contributed by atoms with Gasteiger partial charge in [-0.15, -0.1) is 0 Å². The van der Waals surface area contributed by atoms with Crippen LogP contribution in [0.3, 0.4) is 0 Å². The molecule has 3 aromatic rings. The molecule has 2 N–H and O–H groups in total. The molecule has 0 aliphatic rings. The minimum atomic E-state index is 0.124. The number of benzene rings is 1. The van der Waals surface area contributed by atoms with Crippen molar-refractivity contribution in [2.45, 2.75) is 19.9 Å². The van der Waals surface area contributed by atoms with Crippen LogP contribution in [0, 0.1) is 6.92 Å². The number of rotatable bonds is 3. The first-order chi connectivity index (χ1) is 8.74. The third kappa shape index (κ3) is 1.86. The molecule has 1 unspecified atom stereocenters. The highest BCUT2D eigenvalue weighted by Crippen LogP contribution is 2.26. The summed E-state index contributed by atoms with van der Waals surface area (Å²) in [5.74, 6) is 1.87. The van der Waals surface area contributed by atoms with E-state index in [1.807, 2.05) is 43.5 Å². The van der Waals surface area contributed by atoms with E-state index in [-0.39, 0.29) is 6.04 Å². The van der Waals surface area contributed by atoms with Crippen LogP contribution in [0.4, 0.5) is 5.69 Å². The maximum atomic E-state index is 5.63. The van der Waals surface area contributed by atoms with Crippen molar-refractivity contribution in [3.63, 3.8) is 0 Å². The molecule has 92 valence electrons. The van der Waals surface area contributed by atoms with Gasteiger partial charge in [-0.05, 0) is 38.1 Å². The summed E-state index contributed by atoms with van der Waals surface area (Å²) in [6, 6.07) is 10.2. The Morgan fingerprint density at radius 3 is 2.94 bits per heavy atom. The highest BCUT2D eigenvalue weighted by atomic mass is 16.3. The predicted octanol–water partition coefficient (Wildman–Crippen LogP) is 3.64. The Balaban J connectivity index is 1.90. The Morgan fingerprint density at radius 1 is 1.28 bits per heavy atom. The molecule has 0 amide bonds.